The van der Waals surface area contributed by atoms with Crippen LogP contribution in [0.15, 0.2) is 91.0 Å². The minimum absolute atomic E-state index is 0.00588. The number of carboxylic acids is 1. The Balaban J connectivity index is 1.46. The van der Waals surface area contributed by atoms with Crippen LogP contribution in [0.3, 0.4) is 0 Å². The molecule has 1 fully saturated rings. The number of unbranched alkanes of at least 4 members (excludes halogenated alkanes) is 3. The van der Waals surface area contributed by atoms with Crippen molar-refractivity contribution in [2.75, 3.05) is 0 Å². The Morgan fingerprint density at radius 1 is 0.826 bits per heavy atom. The number of hydrogen-bond donors (Lipinski definition) is 3. The maximum absolute atomic E-state index is 11.2. The molecule has 5 atom stereocenters. The summed E-state index contributed by atoms with van der Waals surface area (Å²) in [5.41, 5.74) is 0. The minimum Gasteiger partial charge on any atom is -0.481 e. The summed E-state index contributed by atoms with van der Waals surface area (Å²) in [7, 11) is -2.86. The van der Waals surface area contributed by atoms with Gasteiger partial charge in [-0.05, 0) is 76.9 Å². The number of benzene rings is 3. The van der Waals surface area contributed by atoms with Gasteiger partial charge in [0.1, 0.15) is 0 Å². The van der Waals surface area contributed by atoms with Gasteiger partial charge in [-0.25, -0.2) is 0 Å². The van der Waals surface area contributed by atoms with E-state index < -0.39 is 26.5 Å². The van der Waals surface area contributed by atoms with E-state index in [4.69, 9.17) is 9.53 Å². The standard InChI is InChI=1S/C39H50O5SSi/c1-39(2,3)46(29-17-8-6-9-18-29,30-19-10-7-11-20-30)44-35(37-26-28-16-14-15-22-36(28)45-37)25-24-32-31(33(40)27-34(32)41)21-12-4-5-13-23-38(42)43/h6-11,14-20,22,26,31-35,40-41H,4-5,12-13,21,23-25,27H2,1-3H3,(H,42,43)/t31-,32-,33-,34-,35-/m1/s1. The lowest BCUT2D eigenvalue weighted by atomic mass is 9.84. The van der Waals surface area contributed by atoms with Gasteiger partial charge in [-0.2, -0.15) is 0 Å². The molecular formula is C39H50O5SSi. The van der Waals surface area contributed by atoms with Gasteiger partial charge >= 0.3 is 5.97 Å². The summed E-state index contributed by atoms with van der Waals surface area (Å²) in [5, 5.41) is 34.7. The second-order valence-corrected chi connectivity index (χ2v) is 19.4. The SMILES string of the molecule is CC(C)(C)[Si](O[C@H](CC[C@@H]1[C@@H](CCCCCCC(=O)O)[C@H](O)C[C@H]1O)c1cc2ccccc2s1)(c1ccccc1)c1ccccc1. The van der Waals surface area contributed by atoms with Gasteiger partial charge in [0, 0.05) is 16.0 Å². The number of aliphatic carboxylic acids is 1. The fraction of sp³-hybridized carbons (Fsp3) is 0.462. The first-order chi connectivity index (χ1) is 22.1. The zero-order valence-corrected chi connectivity index (χ0v) is 29.3. The summed E-state index contributed by atoms with van der Waals surface area (Å²) in [6.45, 7) is 6.93. The Morgan fingerprint density at radius 3 is 1.98 bits per heavy atom. The van der Waals surface area contributed by atoms with E-state index in [1.165, 1.54) is 25.3 Å². The average Bonchev–Trinajstić information content (AvgIpc) is 3.58. The molecule has 0 saturated heterocycles. The number of fused-ring (bicyclic) bond motifs is 1. The summed E-state index contributed by atoms with van der Waals surface area (Å²) in [5.74, 6) is -0.720. The first-order valence-electron chi connectivity index (χ1n) is 17.0. The molecule has 0 aliphatic heterocycles. The summed E-state index contributed by atoms with van der Waals surface area (Å²) in [6, 6.07) is 32.3. The van der Waals surface area contributed by atoms with Crippen LogP contribution in [0.25, 0.3) is 10.1 Å². The highest BCUT2D eigenvalue weighted by Gasteiger charge is 2.52. The van der Waals surface area contributed by atoms with Crippen LogP contribution in [-0.4, -0.2) is 41.8 Å². The van der Waals surface area contributed by atoms with Crippen molar-refractivity contribution in [2.24, 2.45) is 11.8 Å². The Morgan fingerprint density at radius 2 is 1.39 bits per heavy atom. The molecule has 46 heavy (non-hydrogen) atoms. The normalized spacial score (nSPS) is 21.1. The number of carboxylic acid groups (broad SMARTS) is 1. The maximum atomic E-state index is 11.2. The second kappa shape index (κ2) is 15.4. The zero-order chi connectivity index (χ0) is 32.7. The highest BCUT2D eigenvalue weighted by Crippen LogP contribution is 2.45. The molecule has 1 saturated carbocycles. The van der Waals surface area contributed by atoms with Crippen molar-refractivity contribution in [1.29, 1.82) is 0 Å². The van der Waals surface area contributed by atoms with Crippen LogP contribution >= 0.6 is 11.3 Å². The number of carbonyl (C=O) groups is 1. The predicted molar refractivity (Wildman–Crippen MR) is 191 cm³/mol. The van der Waals surface area contributed by atoms with Gasteiger partial charge in [-0.1, -0.05) is 119 Å². The van der Waals surface area contributed by atoms with E-state index in [1.807, 2.05) is 0 Å². The zero-order valence-electron chi connectivity index (χ0n) is 27.5. The Labute approximate surface area is 279 Å². The molecule has 4 aromatic rings. The molecule has 5 nitrogen and oxygen atoms in total. The molecule has 5 rings (SSSR count). The topological polar surface area (TPSA) is 87.0 Å². The molecular weight excluding hydrogens is 609 g/mol. The Kier molecular flexibility index (Phi) is 11.6. The minimum atomic E-state index is -2.86. The molecule has 1 aliphatic rings. The molecule has 1 heterocycles. The number of aliphatic hydroxyl groups excluding tert-OH is 2. The van der Waals surface area contributed by atoms with E-state index in [9.17, 15) is 15.0 Å². The van der Waals surface area contributed by atoms with E-state index in [-0.39, 0.29) is 29.4 Å². The van der Waals surface area contributed by atoms with E-state index in [0.29, 0.717) is 12.8 Å². The highest BCUT2D eigenvalue weighted by molar-refractivity contribution is 7.19. The van der Waals surface area contributed by atoms with Crippen LogP contribution in [0.4, 0.5) is 0 Å². The number of rotatable bonds is 15. The molecule has 3 N–H and O–H groups in total. The van der Waals surface area contributed by atoms with E-state index in [1.54, 1.807) is 11.3 Å². The molecule has 0 unspecified atom stereocenters. The molecule has 7 heteroatoms. The van der Waals surface area contributed by atoms with Crippen molar-refractivity contribution in [2.45, 2.75) is 102 Å². The molecule has 3 aromatic carbocycles. The van der Waals surface area contributed by atoms with Crippen molar-refractivity contribution >= 4 is 46.1 Å². The number of aliphatic hydroxyl groups is 2. The predicted octanol–water partition coefficient (Wildman–Crippen LogP) is 8.08. The summed E-state index contributed by atoms with van der Waals surface area (Å²) in [6.07, 6.45) is 5.19. The molecule has 0 bridgehead atoms. The molecule has 0 amide bonds. The van der Waals surface area contributed by atoms with Gasteiger partial charge < -0.3 is 19.7 Å². The third-order valence-electron chi connectivity index (χ3n) is 9.96. The largest absolute Gasteiger partial charge is 0.481 e. The summed E-state index contributed by atoms with van der Waals surface area (Å²) < 4.78 is 8.99. The van der Waals surface area contributed by atoms with E-state index in [0.717, 1.165) is 38.5 Å². The number of hydrogen-bond acceptors (Lipinski definition) is 5. The molecule has 0 radical (unpaired) electrons. The Bertz CT molecular complexity index is 1460. The van der Waals surface area contributed by atoms with Gasteiger partial charge in [-0.3, -0.25) is 4.79 Å². The van der Waals surface area contributed by atoms with E-state index >= 15 is 0 Å². The highest BCUT2D eigenvalue weighted by atomic mass is 32.1. The fourth-order valence-electron chi connectivity index (χ4n) is 7.66. The van der Waals surface area contributed by atoms with Crippen LogP contribution in [0.2, 0.25) is 5.04 Å². The molecule has 1 aromatic heterocycles. The van der Waals surface area contributed by atoms with Crippen molar-refractivity contribution in [3.63, 3.8) is 0 Å². The van der Waals surface area contributed by atoms with Gasteiger partial charge in [0.05, 0.1) is 18.3 Å². The summed E-state index contributed by atoms with van der Waals surface area (Å²) in [4.78, 5) is 12.1. The smallest absolute Gasteiger partial charge is 0.303 e. The van der Waals surface area contributed by atoms with Crippen molar-refractivity contribution < 1.29 is 24.5 Å². The van der Waals surface area contributed by atoms with Gasteiger partial charge in [0.15, 0.2) is 0 Å². The van der Waals surface area contributed by atoms with Gasteiger partial charge in [-0.15, -0.1) is 11.3 Å². The first kappa shape index (κ1) is 34.5. The maximum Gasteiger partial charge on any atom is 0.303 e. The van der Waals surface area contributed by atoms with Crippen molar-refractivity contribution in [1.82, 2.24) is 0 Å². The van der Waals surface area contributed by atoms with Crippen LogP contribution in [0.5, 0.6) is 0 Å². The third-order valence-corrected chi connectivity index (χ3v) is 16.2. The third kappa shape index (κ3) is 7.83. The lowest BCUT2D eigenvalue weighted by Crippen LogP contribution is -2.66. The van der Waals surface area contributed by atoms with Crippen LogP contribution in [-0.2, 0) is 9.22 Å². The molecule has 1 aliphatic carbocycles. The lowest BCUT2D eigenvalue weighted by Gasteiger charge is -2.45. The van der Waals surface area contributed by atoms with Crippen molar-refractivity contribution in [3.8, 4) is 0 Å². The van der Waals surface area contributed by atoms with Crippen LogP contribution in [0, 0.1) is 11.8 Å². The van der Waals surface area contributed by atoms with Crippen molar-refractivity contribution in [3.05, 3.63) is 95.9 Å². The van der Waals surface area contributed by atoms with Gasteiger partial charge in [0.25, 0.3) is 8.32 Å². The second-order valence-electron chi connectivity index (χ2n) is 14.1. The van der Waals surface area contributed by atoms with Gasteiger partial charge in [0.2, 0.25) is 0 Å². The lowest BCUT2D eigenvalue weighted by molar-refractivity contribution is -0.137. The van der Waals surface area contributed by atoms with Crippen LogP contribution in [0.1, 0.15) is 89.5 Å². The summed E-state index contributed by atoms with van der Waals surface area (Å²) >= 11 is 1.80. The van der Waals surface area contributed by atoms with Crippen LogP contribution < -0.4 is 10.4 Å². The quantitative estimate of drug-likeness (QED) is 0.0888. The Hall–Kier alpha value is -2.81. The molecule has 246 valence electrons. The average molecular weight is 659 g/mol. The monoisotopic (exact) mass is 658 g/mol. The first-order valence-corrected chi connectivity index (χ1v) is 19.7. The molecule has 0 spiro atoms. The fourth-order valence-corrected chi connectivity index (χ4v) is 13.6. The number of thiophene rings is 1. The van der Waals surface area contributed by atoms with E-state index in [2.05, 4.69) is 112 Å².